The highest BCUT2D eigenvalue weighted by Crippen LogP contribution is 2.23. The predicted molar refractivity (Wildman–Crippen MR) is 71.9 cm³/mol. The highest BCUT2D eigenvalue weighted by atomic mass is 79.9. The molecule has 0 saturated carbocycles. The summed E-state index contributed by atoms with van der Waals surface area (Å²) >= 11 is 3.41. The second-order valence-corrected chi connectivity index (χ2v) is 4.62. The average molecular weight is 310 g/mol. The van der Waals surface area contributed by atoms with Crippen LogP contribution >= 0.6 is 15.9 Å². The molecule has 0 unspecified atom stereocenters. The third-order valence-electron chi connectivity index (χ3n) is 2.40. The van der Waals surface area contributed by atoms with Gasteiger partial charge in [-0.3, -0.25) is 4.79 Å². The van der Waals surface area contributed by atoms with Crippen LogP contribution in [0.25, 0.3) is 0 Å². The summed E-state index contributed by atoms with van der Waals surface area (Å²) in [5.41, 5.74) is 7.11. The summed E-state index contributed by atoms with van der Waals surface area (Å²) in [4.78, 5) is 15.5. The number of carbonyl (C=O) groups excluding carboxylic acids is 1. The Morgan fingerprint density at radius 1 is 1.56 bits per heavy atom. The zero-order chi connectivity index (χ0) is 13.1. The summed E-state index contributed by atoms with van der Waals surface area (Å²) in [5, 5.41) is 6.66. The highest BCUT2D eigenvalue weighted by Gasteiger charge is 2.08. The fourth-order valence-electron chi connectivity index (χ4n) is 1.46. The number of nitrogens with zero attached hydrogens (tertiary/aromatic N) is 3. The lowest BCUT2D eigenvalue weighted by atomic mass is 10.2. The molecule has 6 nitrogen and oxygen atoms in total. The summed E-state index contributed by atoms with van der Waals surface area (Å²) in [7, 11) is 0. The molecule has 0 radical (unpaired) electrons. The Bertz CT molecular complexity index is 581. The molecular formula is C11H12BrN5O. The molecule has 3 N–H and O–H groups in total. The Balaban J connectivity index is 2.05. The first-order chi connectivity index (χ1) is 8.56. The number of carbonyl (C=O) groups is 1. The fourth-order valence-corrected chi connectivity index (χ4v) is 1.83. The largest absolute Gasteiger partial charge is 0.367 e. The van der Waals surface area contributed by atoms with Crippen LogP contribution in [0.5, 0.6) is 0 Å². The minimum absolute atomic E-state index is 0.0795. The number of nitrogen functional groups attached to an aromatic ring is 1. The lowest BCUT2D eigenvalue weighted by Crippen LogP contribution is -2.19. The van der Waals surface area contributed by atoms with E-state index in [-0.39, 0.29) is 18.4 Å². The van der Waals surface area contributed by atoms with Gasteiger partial charge >= 0.3 is 0 Å². The molecule has 0 atom stereocenters. The van der Waals surface area contributed by atoms with Gasteiger partial charge in [0.15, 0.2) is 0 Å². The van der Waals surface area contributed by atoms with Crippen LogP contribution in [0, 0.1) is 6.92 Å². The van der Waals surface area contributed by atoms with Crippen molar-refractivity contribution in [3.05, 3.63) is 34.6 Å². The third kappa shape index (κ3) is 2.86. The first kappa shape index (κ1) is 12.6. The Kier molecular flexibility index (Phi) is 3.61. The molecule has 2 aromatic rings. The van der Waals surface area contributed by atoms with E-state index in [1.165, 1.54) is 11.0 Å². The molecule has 0 aliphatic carbocycles. The van der Waals surface area contributed by atoms with Gasteiger partial charge in [0.1, 0.15) is 12.9 Å². The van der Waals surface area contributed by atoms with E-state index >= 15 is 0 Å². The summed E-state index contributed by atoms with van der Waals surface area (Å²) < 4.78 is 2.34. The Morgan fingerprint density at radius 2 is 2.33 bits per heavy atom. The van der Waals surface area contributed by atoms with E-state index in [1.54, 1.807) is 0 Å². The van der Waals surface area contributed by atoms with E-state index in [1.807, 2.05) is 25.1 Å². The van der Waals surface area contributed by atoms with Gasteiger partial charge < -0.3 is 11.1 Å². The van der Waals surface area contributed by atoms with Gasteiger partial charge in [-0.25, -0.2) is 9.67 Å². The highest BCUT2D eigenvalue weighted by molar-refractivity contribution is 9.10. The zero-order valence-corrected chi connectivity index (χ0v) is 11.3. The number of rotatable bonds is 3. The zero-order valence-electron chi connectivity index (χ0n) is 9.72. The van der Waals surface area contributed by atoms with Crippen molar-refractivity contribution in [1.29, 1.82) is 0 Å². The summed E-state index contributed by atoms with van der Waals surface area (Å²) in [6.07, 6.45) is 1.42. The number of aromatic nitrogens is 3. The number of hydrogen-bond donors (Lipinski definition) is 2. The van der Waals surface area contributed by atoms with Gasteiger partial charge in [-0.05, 0) is 24.6 Å². The lowest BCUT2D eigenvalue weighted by Gasteiger charge is -2.09. The number of halogens is 1. The quantitative estimate of drug-likeness (QED) is 0.901. The first-order valence-corrected chi connectivity index (χ1v) is 6.05. The summed E-state index contributed by atoms with van der Waals surface area (Å²) in [6.45, 7) is 2.00. The molecule has 0 saturated heterocycles. The molecule has 1 amide bonds. The molecule has 94 valence electrons. The van der Waals surface area contributed by atoms with E-state index < -0.39 is 0 Å². The second kappa shape index (κ2) is 5.18. The Hall–Kier alpha value is -1.89. The van der Waals surface area contributed by atoms with E-state index in [2.05, 4.69) is 31.3 Å². The van der Waals surface area contributed by atoms with Crippen molar-refractivity contribution in [2.45, 2.75) is 13.5 Å². The molecule has 0 aliphatic heterocycles. The Morgan fingerprint density at radius 3 is 3.00 bits per heavy atom. The van der Waals surface area contributed by atoms with Crippen molar-refractivity contribution in [3.63, 3.8) is 0 Å². The Labute approximate surface area is 112 Å². The smallest absolute Gasteiger partial charge is 0.246 e. The summed E-state index contributed by atoms with van der Waals surface area (Å²) in [5.74, 6) is -0.0254. The van der Waals surface area contributed by atoms with Crippen LogP contribution < -0.4 is 11.1 Å². The van der Waals surface area contributed by atoms with Gasteiger partial charge in [-0.2, -0.15) is 0 Å². The monoisotopic (exact) mass is 309 g/mol. The SMILES string of the molecule is Cc1c(Br)cccc1NC(=O)Cn1cnc(N)n1. The van der Waals surface area contributed by atoms with Gasteiger partial charge in [0.25, 0.3) is 0 Å². The van der Waals surface area contributed by atoms with Gasteiger partial charge in [0.05, 0.1) is 0 Å². The molecule has 18 heavy (non-hydrogen) atoms. The van der Waals surface area contributed by atoms with Crippen molar-refractivity contribution >= 4 is 33.5 Å². The molecule has 7 heteroatoms. The van der Waals surface area contributed by atoms with E-state index in [9.17, 15) is 4.79 Å². The van der Waals surface area contributed by atoms with Crippen LogP contribution in [0.2, 0.25) is 0 Å². The van der Waals surface area contributed by atoms with Crippen molar-refractivity contribution in [3.8, 4) is 0 Å². The van der Waals surface area contributed by atoms with Crippen molar-refractivity contribution < 1.29 is 4.79 Å². The van der Waals surface area contributed by atoms with E-state index in [4.69, 9.17) is 5.73 Å². The number of amides is 1. The number of benzene rings is 1. The number of hydrogen-bond acceptors (Lipinski definition) is 4. The van der Waals surface area contributed by atoms with Crippen molar-refractivity contribution in [2.24, 2.45) is 0 Å². The van der Waals surface area contributed by atoms with Crippen molar-refractivity contribution in [1.82, 2.24) is 14.8 Å². The number of nitrogens with one attached hydrogen (secondary N) is 1. The van der Waals surface area contributed by atoms with E-state index in [0.29, 0.717) is 0 Å². The van der Waals surface area contributed by atoms with Crippen LogP contribution in [-0.2, 0) is 11.3 Å². The first-order valence-electron chi connectivity index (χ1n) is 5.26. The maximum atomic E-state index is 11.8. The molecule has 0 fully saturated rings. The predicted octanol–water partition coefficient (Wildman–Crippen LogP) is 1.57. The molecule has 0 spiro atoms. The number of nitrogens with two attached hydrogens (primary N) is 1. The normalized spacial score (nSPS) is 10.3. The number of anilines is 2. The van der Waals surface area contributed by atoms with Crippen LogP contribution in [0.4, 0.5) is 11.6 Å². The molecule has 0 aliphatic rings. The van der Waals surface area contributed by atoms with Crippen molar-refractivity contribution in [2.75, 3.05) is 11.1 Å². The third-order valence-corrected chi connectivity index (χ3v) is 3.26. The molecule has 1 aromatic carbocycles. The van der Waals surface area contributed by atoms with Gasteiger partial charge in [0.2, 0.25) is 11.9 Å². The van der Waals surface area contributed by atoms with Gasteiger partial charge in [-0.15, -0.1) is 5.10 Å². The minimum atomic E-state index is -0.180. The van der Waals surface area contributed by atoms with Gasteiger partial charge in [0, 0.05) is 10.2 Å². The topological polar surface area (TPSA) is 85.8 Å². The van der Waals surface area contributed by atoms with E-state index in [0.717, 1.165) is 15.7 Å². The molecular weight excluding hydrogens is 298 g/mol. The molecule has 1 heterocycles. The molecule has 0 bridgehead atoms. The fraction of sp³-hybridized carbons (Fsp3) is 0.182. The molecule has 1 aromatic heterocycles. The standard InChI is InChI=1S/C11H12BrN5O/c1-7-8(12)3-2-4-9(7)15-10(18)5-17-6-14-11(13)16-17/h2-4,6H,5H2,1H3,(H2,13,16)(H,15,18). The van der Waals surface area contributed by atoms with Crippen LogP contribution in [-0.4, -0.2) is 20.7 Å². The van der Waals surface area contributed by atoms with Gasteiger partial charge in [-0.1, -0.05) is 22.0 Å². The van der Waals surface area contributed by atoms with Crippen LogP contribution in [0.3, 0.4) is 0 Å². The average Bonchev–Trinajstić information content (AvgIpc) is 2.70. The second-order valence-electron chi connectivity index (χ2n) is 3.76. The summed E-state index contributed by atoms with van der Waals surface area (Å²) in [6, 6.07) is 5.62. The minimum Gasteiger partial charge on any atom is -0.367 e. The maximum absolute atomic E-state index is 11.8. The maximum Gasteiger partial charge on any atom is 0.246 e. The van der Waals surface area contributed by atoms with Crippen LogP contribution in [0.15, 0.2) is 29.0 Å². The lowest BCUT2D eigenvalue weighted by molar-refractivity contribution is -0.116. The van der Waals surface area contributed by atoms with Crippen LogP contribution in [0.1, 0.15) is 5.56 Å². The molecule has 2 rings (SSSR count).